The van der Waals surface area contributed by atoms with E-state index in [1.165, 1.54) is 0 Å². The van der Waals surface area contributed by atoms with Crippen LogP contribution in [0.1, 0.15) is 25.5 Å². The van der Waals surface area contributed by atoms with Gasteiger partial charge in [0.15, 0.2) is 5.96 Å². The van der Waals surface area contributed by atoms with Crippen LogP contribution in [0.15, 0.2) is 21.8 Å². The standard InChI is InChI=1S/C11H15N3OS/c1-7(2)5-12-11-13-9(10(15)14-11)8-3-4-16-6-8/h3-4,6-7,9H,5H2,1-2H3,(H2,12,13,14,15). The van der Waals surface area contributed by atoms with Crippen molar-refractivity contribution >= 4 is 23.2 Å². The van der Waals surface area contributed by atoms with Crippen molar-refractivity contribution in [2.45, 2.75) is 19.9 Å². The molecule has 1 aromatic rings. The Morgan fingerprint density at radius 1 is 1.56 bits per heavy atom. The normalized spacial score (nSPS) is 22.6. The number of guanidine groups is 1. The first kappa shape index (κ1) is 11.1. The van der Waals surface area contributed by atoms with Crippen molar-refractivity contribution in [3.8, 4) is 0 Å². The maximum Gasteiger partial charge on any atom is 0.253 e. The largest absolute Gasteiger partial charge is 0.340 e. The molecule has 0 radical (unpaired) electrons. The van der Waals surface area contributed by atoms with E-state index in [0.29, 0.717) is 11.9 Å². The van der Waals surface area contributed by atoms with Gasteiger partial charge < -0.3 is 5.32 Å². The highest BCUT2D eigenvalue weighted by Gasteiger charge is 2.29. The average molecular weight is 237 g/mol. The fraction of sp³-hybridized carbons (Fsp3) is 0.455. The first-order chi connectivity index (χ1) is 7.66. The number of hydrogen-bond acceptors (Lipinski definition) is 3. The summed E-state index contributed by atoms with van der Waals surface area (Å²) in [5.41, 5.74) is 0.997. The van der Waals surface area contributed by atoms with E-state index in [4.69, 9.17) is 0 Å². The van der Waals surface area contributed by atoms with Crippen LogP contribution in [0.4, 0.5) is 0 Å². The molecule has 2 rings (SSSR count). The first-order valence-corrected chi connectivity index (χ1v) is 6.25. The second-order valence-electron chi connectivity index (χ2n) is 4.21. The van der Waals surface area contributed by atoms with Crippen LogP contribution in [-0.2, 0) is 4.79 Å². The van der Waals surface area contributed by atoms with E-state index < -0.39 is 0 Å². The summed E-state index contributed by atoms with van der Waals surface area (Å²) in [6.07, 6.45) is 0. The number of carbonyl (C=O) groups excluding carboxylic acids is 1. The Labute approximate surface area is 98.8 Å². The van der Waals surface area contributed by atoms with E-state index in [1.54, 1.807) is 11.3 Å². The predicted molar refractivity (Wildman–Crippen MR) is 65.5 cm³/mol. The number of thiophene rings is 1. The van der Waals surface area contributed by atoms with Crippen LogP contribution in [0.3, 0.4) is 0 Å². The monoisotopic (exact) mass is 237 g/mol. The number of amides is 1. The molecule has 0 spiro atoms. The van der Waals surface area contributed by atoms with Gasteiger partial charge in [0.1, 0.15) is 6.04 Å². The van der Waals surface area contributed by atoms with Crippen molar-refractivity contribution in [3.05, 3.63) is 22.4 Å². The number of rotatable bonds is 3. The Bertz CT molecular complexity index is 397. The van der Waals surface area contributed by atoms with Crippen molar-refractivity contribution in [1.82, 2.24) is 10.6 Å². The molecule has 1 aromatic heterocycles. The zero-order valence-corrected chi connectivity index (χ0v) is 10.2. The van der Waals surface area contributed by atoms with Gasteiger partial charge >= 0.3 is 0 Å². The van der Waals surface area contributed by atoms with Crippen LogP contribution in [0.25, 0.3) is 0 Å². The van der Waals surface area contributed by atoms with Crippen LogP contribution in [0.2, 0.25) is 0 Å². The molecule has 1 unspecified atom stereocenters. The van der Waals surface area contributed by atoms with Crippen LogP contribution in [0, 0.1) is 5.92 Å². The SMILES string of the molecule is CC(C)CN=C1NC(=O)C(c2ccsc2)N1. The molecule has 1 saturated heterocycles. The van der Waals surface area contributed by atoms with E-state index in [0.717, 1.165) is 12.1 Å². The number of nitrogens with zero attached hydrogens (tertiary/aromatic N) is 1. The highest BCUT2D eigenvalue weighted by Crippen LogP contribution is 2.19. The average Bonchev–Trinajstić information content (AvgIpc) is 2.83. The maximum absolute atomic E-state index is 11.7. The van der Waals surface area contributed by atoms with Gasteiger partial charge in [-0.1, -0.05) is 13.8 Å². The summed E-state index contributed by atoms with van der Waals surface area (Å²) in [5, 5.41) is 9.79. The minimum atomic E-state index is -0.280. The van der Waals surface area contributed by atoms with E-state index in [9.17, 15) is 4.79 Å². The first-order valence-electron chi connectivity index (χ1n) is 5.31. The summed E-state index contributed by atoms with van der Waals surface area (Å²) in [6.45, 7) is 4.91. The van der Waals surface area contributed by atoms with Crippen molar-refractivity contribution in [1.29, 1.82) is 0 Å². The molecule has 16 heavy (non-hydrogen) atoms. The molecule has 4 nitrogen and oxygen atoms in total. The molecular weight excluding hydrogens is 222 g/mol. The molecule has 1 amide bonds. The van der Waals surface area contributed by atoms with Gasteiger partial charge in [0.25, 0.3) is 5.91 Å². The molecule has 1 atom stereocenters. The molecule has 0 aliphatic carbocycles. The maximum atomic E-state index is 11.7. The van der Waals surface area contributed by atoms with Crippen LogP contribution in [-0.4, -0.2) is 18.4 Å². The molecule has 2 heterocycles. The van der Waals surface area contributed by atoms with Gasteiger partial charge in [0, 0.05) is 6.54 Å². The van der Waals surface area contributed by atoms with Gasteiger partial charge in [-0.2, -0.15) is 11.3 Å². The summed E-state index contributed by atoms with van der Waals surface area (Å²) in [7, 11) is 0. The summed E-state index contributed by atoms with van der Waals surface area (Å²) in [4.78, 5) is 16.0. The van der Waals surface area contributed by atoms with E-state index >= 15 is 0 Å². The van der Waals surface area contributed by atoms with E-state index in [2.05, 4.69) is 29.5 Å². The summed E-state index contributed by atoms with van der Waals surface area (Å²) < 4.78 is 0. The highest BCUT2D eigenvalue weighted by molar-refractivity contribution is 7.08. The van der Waals surface area contributed by atoms with E-state index in [-0.39, 0.29) is 11.9 Å². The lowest BCUT2D eigenvalue weighted by Gasteiger charge is -2.04. The van der Waals surface area contributed by atoms with Gasteiger partial charge in [0.2, 0.25) is 0 Å². The Morgan fingerprint density at radius 2 is 2.38 bits per heavy atom. The summed E-state index contributed by atoms with van der Waals surface area (Å²) >= 11 is 1.59. The van der Waals surface area contributed by atoms with Crippen molar-refractivity contribution in [2.24, 2.45) is 10.9 Å². The second kappa shape index (κ2) is 4.65. The third kappa shape index (κ3) is 2.41. The zero-order valence-electron chi connectivity index (χ0n) is 9.36. The number of nitrogens with one attached hydrogen (secondary N) is 2. The number of aliphatic imine (C=N–C) groups is 1. The molecule has 1 aliphatic rings. The second-order valence-corrected chi connectivity index (χ2v) is 4.99. The minimum Gasteiger partial charge on any atom is -0.340 e. The third-order valence-corrected chi connectivity index (χ3v) is 2.98. The van der Waals surface area contributed by atoms with E-state index in [1.807, 2.05) is 16.8 Å². The van der Waals surface area contributed by atoms with Gasteiger partial charge in [-0.25, -0.2) is 0 Å². The lowest BCUT2D eigenvalue weighted by atomic mass is 10.1. The molecule has 1 aliphatic heterocycles. The smallest absolute Gasteiger partial charge is 0.253 e. The van der Waals surface area contributed by atoms with Gasteiger partial charge in [0.05, 0.1) is 0 Å². The fourth-order valence-corrected chi connectivity index (χ4v) is 2.15. The Balaban J connectivity index is 2.05. The minimum absolute atomic E-state index is 0.0269. The lowest BCUT2D eigenvalue weighted by Crippen LogP contribution is -2.26. The molecule has 0 saturated carbocycles. The van der Waals surface area contributed by atoms with Gasteiger partial charge in [-0.05, 0) is 28.3 Å². The quantitative estimate of drug-likeness (QED) is 0.837. The van der Waals surface area contributed by atoms with Crippen molar-refractivity contribution in [3.63, 3.8) is 0 Å². The number of carbonyl (C=O) groups is 1. The number of hydrogen-bond donors (Lipinski definition) is 2. The predicted octanol–water partition coefficient (Wildman–Crippen LogP) is 1.52. The Morgan fingerprint density at radius 3 is 3.00 bits per heavy atom. The lowest BCUT2D eigenvalue weighted by molar-refractivity contribution is -0.120. The van der Waals surface area contributed by atoms with Crippen LogP contribution >= 0.6 is 11.3 Å². The Kier molecular flexibility index (Phi) is 3.24. The molecule has 0 aromatic carbocycles. The van der Waals surface area contributed by atoms with Crippen molar-refractivity contribution < 1.29 is 4.79 Å². The summed E-state index contributed by atoms with van der Waals surface area (Å²) in [5.74, 6) is 1.06. The molecule has 1 fully saturated rings. The van der Waals surface area contributed by atoms with Gasteiger partial charge in [-0.3, -0.25) is 15.1 Å². The molecule has 0 bridgehead atoms. The summed E-state index contributed by atoms with van der Waals surface area (Å²) in [6, 6.07) is 1.67. The zero-order chi connectivity index (χ0) is 11.5. The molecule has 5 heteroatoms. The van der Waals surface area contributed by atoms with Crippen LogP contribution < -0.4 is 10.6 Å². The molecule has 86 valence electrons. The van der Waals surface area contributed by atoms with Crippen LogP contribution in [0.5, 0.6) is 0 Å². The molecule has 2 N–H and O–H groups in total. The van der Waals surface area contributed by atoms with Crippen molar-refractivity contribution in [2.75, 3.05) is 6.54 Å². The third-order valence-electron chi connectivity index (χ3n) is 2.28. The van der Waals surface area contributed by atoms with Gasteiger partial charge in [-0.15, -0.1) is 0 Å². The highest BCUT2D eigenvalue weighted by atomic mass is 32.1. The fourth-order valence-electron chi connectivity index (χ4n) is 1.46. The Hall–Kier alpha value is -1.36. The molecular formula is C11H15N3OS. The topological polar surface area (TPSA) is 53.5 Å².